The molecule has 0 aliphatic heterocycles. The topological polar surface area (TPSA) is 142 Å². The molecule has 2 aromatic rings. The van der Waals surface area contributed by atoms with Gasteiger partial charge in [-0.3, -0.25) is 10.1 Å². The van der Waals surface area contributed by atoms with Crippen molar-refractivity contribution in [1.29, 1.82) is 0 Å². The fraction of sp³-hybridized carbons (Fsp3) is 0. The number of benzene rings is 2. The fourth-order valence-electron chi connectivity index (χ4n) is 1.75. The molecule has 0 aliphatic carbocycles. The van der Waals surface area contributed by atoms with Crippen molar-refractivity contribution in [2.45, 2.75) is 0 Å². The van der Waals surface area contributed by atoms with Gasteiger partial charge < -0.3 is 20.8 Å². The van der Waals surface area contributed by atoms with Crippen molar-refractivity contribution in [3.05, 3.63) is 58.1 Å². The minimum atomic E-state index is -1.14. The first-order valence-corrected chi connectivity index (χ1v) is 6.25. The summed E-state index contributed by atoms with van der Waals surface area (Å²) >= 11 is 0. The van der Waals surface area contributed by atoms with Crippen LogP contribution in [0.1, 0.15) is 10.4 Å². The monoisotopic (exact) mass is 317 g/mol. The van der Waals surface area contributed by atoms with Gasteiger partial charge in [0.05, 0.1) is 22.2 Å². The molecule has 23 heavy (non-hydrogen) atoms. The molecule has 2 amide bonds. The highest BCUT2D eigenvalue weighted by atomic mass is 16.6. The minimum Gasteiger partial charge on any atom is -0.506 e. The Morgan fingerprint density at radius 3 is 2.43 bits per heavy atom. The number of carbonyl (C=O) groups excluding carboxylic acids is 1. The van der Waals surface area contributed by atoms with E-state index in [4.69, 9.17) is 5.11 Å². The van der Waals surface area contributed by atoms with Gasteiger partial charge in [0, 0.05) is 11.8 Å². The van der Waals surface area contributed by atoms with Gasteiger partial charge in [-0.25, -0.2) is 9.59 Å². The smallest absolute Gasteiger partial charge is 0.335 e. The van der Waals surface area contributed by atoms with Crippen molar-refractivity contribution in [3.8, 4) is 5.75 Å². The van der Waals surface area contributed by atoms with Gasteiger partial charge in [0.15, 0.2) is 0 Å². The summed E-state index contributed by atoms with van der Waals surface area (Å²) in [4.78, 5) is 32.5. The molecule has 0 radical (unpaired) electrons. The van der Waals surface area contributed by atoms with Crippen LogP contribution >= 0.6 is 0 Å². The van der Waals surface area contributed by atoms with Crippen molar-refractivity contribution < 1.29 is 24.7 Å². The third kappa shape index (κ3) is 3.94. The second-order valence-corrected chi connectivity index (χ2v) is 4.42. The van der Waals surface area contributed by atoms with Gasteiger partial charge in [-0.2, -0.15) is 0 Å². The number of non-ortho nitro benzene ring substituents is 1. The van der Waals surface area contributed by atoms with E-state index in [-0.39, 0.29) is 22.6 Å². The lowest BCUT2D eigenvalue weighted by atomic mass is 10.2. The van der Waals surface area contributed by atoms with Crippen LogP contribution in [0.15, 0.2) is 42.5 Å². The Bertz CT molecular complexity index is 790. The molecule has 2 rings (SSSR count). The summed E-state index contributed by atoms with van der Waals surface area (Å²) in [6, 6.07) is 8.05. The van der Waals surface area contributed by atoms with Gasteiger partial charge in [0.25, 0.3) is 5.69 Å². The second kappa shape index (κ2) is 6.43. The molecule has 0 atom stereocenters. The Kier molecular flexibility index (Phi) is 4.41. The molecule has 0 aliphatic rings. The molecule has 0 heterocycles. The molecule has 0 saturated heterocycles. The maximum Gasteiger partial charge on any atom is 0.335 e. The first-order valence-electron chi connectivity index (χ1n) is 6.25. The van der Waals surface area contributed by atoms with Gasteiger partial charge in [0.1, 0.15) is 5.75 Å². The number of hydrogen-bond donors (Lipinski definition) is 4. The predicted molar refractivity (Wildman–Crippen MR) is 80.8 cm³/mol. The first-order chi connectivity index (χ1) is 10.9. The predicted octanol–water partition coefficient (Wildman–Crippen LogP) is 2.64. The lowest BCUT2D eigenvalue weighted by Gasteiger charge is -2.09. The van der Waals surface area contributed by atoms with Crippen molar-refractivity contribution in [3.63, 3.8) is 0 Å². The van der Waals surface area contributed by atoms with Crippen LogP contribution in [0, 0.1) is 10.1 Å². The van der Waals surface area contributed by atoms with Crippen molar-refractivity contribution in [2.24, 2.45) is 0 Å². The van der Waals surface area contributed by atoms with E-state index in [9.17, 15) is 24.8 Å². The summed E-state index contributed by atoms with van der Waals surface area (Å²) in [7, 11) is 0. The molecular formula is C14H11N3O6. The van der Waals surface area contributed by atoms with Crippen LogP contribution in [-0.4, -0.2) is 27.1 Å². The highest BCUT2D eigenvalue weighted by Crippen LogP contribution is 2.27. The molecule has 0 aromatic heterocycles. The van der Waals surface area contributed by atoms with Gasteiger partial charge in [0.2, 0.25) is 0 Å². The van der Waals surface area contributed by atoms with E-state index in [0.29, 0.717) is 0 Å². The lowest BCUT2D eigenvalue weighted by Crippen LogP contribution is -2.19. The van der Waals surface area contributed by atoms with Crippen LogP contribution in [0.4, 0.5) is 21.9 Å². The summed E-state index contributed by atoms with van der Waals surface area (Å²) < 4.78 is 0. The Labute approximate surface area is 129 Å². The zero-order valence-corrected chi connectivity index (χ0v) is 11.5. The quantitative estimate of drug-likeness (QED) is 0.388. The van der Waals surface area contributed by atoms with Crippen LogP contribution in [0.3, 0.4) is 0 Å². The largest absolute Gasteiger partial charge is 0.506 e. The van der Waals surface area contributed by atoms with Crippen LogP contribution in [0.5, 0.6) is 5.75 Å². The molecule has 0 unspecified atom stereocenters. The van der Waals surface area contributed by atoms with Crippen LogP contribution in [0.2, 0.25) is 0 Å². The number of nitrogens with one attached hydrogen (secondary N) is 2. The number of nitrogens with zero attached hydrogens (tertiary/aromatic N) is 1. The Balaban J connectivity index is 2.09. The highest BCUT2D eigenvalue weighted by Gasteiger charge is 2.12. The van der Waals surface area contributed by atoms with E-state index in [0.717, 1.165) is 12.1 Å². The summed E-state index contributed by atoms with van der Waals surface area (Å²) in [6.45, 7) is 0. The van der Waals surface area contributed by atoms with E-state index in [1.54, 1.807) is 0 Å². The standard InChI is InChI=1S/C14H11N3O6/c18-12-7-10(17(22)23)4-5-11(12)16-14(21)15-9-3-1-2-8(6-9)13(19)20/h1-7,18H,(H,19,20)(H2,15,16,21). The van der Waals surface area contributed by atoms with Crippen LogP contribution in [-0.2, 0) is 0 Å². The maximum atomic E-state index is 11.8. The average molecular weight is 317 g/mol. The molecule has 118 valence electrons. The Hall–Kier alpha value is -3.62. The van der Waals surface area contributed by atoms with Gasteiger partial charge in [-0.15, -0.1) is 0 Å². The van der Waals surface area contributed by atoms with Crippen LogP contribution < -0.4 is 10.6 Å². The van der Waals surface area contributed by atoms with E-state index in [2.05, 4.69) is 10.6 Å². The van der Waals surface area contributed by atoms with Gasteiger partial charge >= 0.3 is 12.0 Å². The third-order valence-corrected chi connectivity index (χ3v) is 2.81. The number of hydrogen-bond acceptors (Lipinski definition) is 5. The zero-order valence-electron chi connectivity index (χ0n) is 11.5. The van der Waals surface area contributed by atoms with Gasteiger partial charge in [-0.1, -0.05) is 6.07 Å². The number of carboxylic acid groups (broad SMARTS) is 1. The third-order valence-electron chi connectivity index (χ3n) is 2.81. The molecule has 0 fully saturated rings. The number of nitro benzene ring substituents is 1. The van der Waals surface area contributed by atoms with E-state index in [1.165, 1.54) is 30.3 Å². The van der Waals surface area contributed by atoms with Gasteiger partial charge in [-0.05, 0) is 24.3 Å². The normalized spacial score (nSPS) is 9.91. The first kappa shape index (κ1) is 15.8. The van der Waals surface area contributed by atoms with E-state index < -0.39 is 22.7 Å². The lowest BCUT2D eigenvalue weighted by molar-refractivity contribution is -0.384. The number of urea groups is 1. The summed E-state index contributed by atoms with van der Waals surface area (Å²) in [5.41, 5.74) is -0.102. The molecule has 4 N–H and O–H groups in total. The highest BCUT2D eigenvalue weighted by molar-refractivity contribution is 6.01. The summed E-state index contributed by atoms with van der Waals surface area (Å²) in [5, 5.41) is 33.8. The van der Waals surface area contributed by atoms with E-state index >= 15 is 0 Å². The maximum absolute atomic E-state index is 11.8. The molecule has 2 aromatic carbocycles. The summed E-state index contributed by atoms with van der Waals surface area (Å²) in [6.07, 6.45) is 0. The van der Waals surface area contributed by atoms with Crippen molar-refractivity contribution in [1.82, 2.24) is 0 Å². The number of phenolic OH excluding ortho intramolecular Hbond substituents is 1. The number of carboxylic acids is 1. The number of phenols is 1. The molecule has 0 bridgehead atoms. The second-order valence-electron chi connectivity index (χ2n) is 4.42. The number of anilines is 2. The van der Waals surface area contributed by atoms with Crippen molar-refractivity contribution in [2.75, 3.05) is 10.6 Å². The minimum absolute atomic E-state index is 0.000910. The molecule has 0 saturated carbocycles. The zero-order chi connectivity index (χ0) is 17.0. The summed E-state index contributed by atoms with van der Waals surface area (Å²) in [5.74, 6) is -1.60. The SMILES string of the molecule is O=C(Nc1cccc(C(=O)O)c1)Nc1ccc([N+](=O)[O-])cc1O. The van der Waals surface area contributed by atoms with Crippen LogP contribution in [0.25, 0.3) is 0 Å². The number of nitro groups is 1. The number of rotatable bonds is 4. The Morgan fingerprint density at radius 1 is 1.09 bits per heavy atom. The number of carbonyl (C=O) groups is 2. The van der Waals surface area contributed by atoms with Crippen molar-refractivity contribution >= 4 is 29.1 Å². The fourth-order valence-corrected chi connectivity index (χ4v) is 1.75. The van der Waals surface area contributed by atoms with E-state index in [1.807, 2.05) is 0 Å². The number of amides is 2. The molecule has 9 nitrogen and oxygen atoms in total. The molecule has 9 heteroatoms. The number of aromatic carboxylic acids is 1. The number of aromatic hydroxyl groups is 1. The molecular weight excluding hydrogens is 306 g/mol. The Morgan fingerprint density at radius 2 is 1.83 bits per heavy atom. The average Bonchev–Trinajstić information content (AvgIpc) is 2.49. The molecule has 0 spiro atoms.